The van der Waals surface area contributed by atoms with Gasteiger partial charge in [0.1, 0.15) is 0 Å². The summed E-state index contributed by atoms with van der Waals surface area (Å²) >= 11 is 0. The van der Waals surface area contributed by atoms with Crippen LogP contribution in [-0.4, -0.2) is 20.7 Å². The van der Waals surface area contributed by atoms with Crippen molar-refractivity contribution < 1.29 is 8.42 Å². The monoisotopic (exact) mass is 278 g/mol. The number of rotatable bonds is 3. The zero-order valence-corrected chi connectivity index (χ0v) is 11.9. The van der Waals surface area contributed by atoms with Crippen molar-refractivity contribution >= 4 is 15.7 Å². The zero-order valence-electron chi connectivity index (χ0n) is 11.0. The van der Waals surface area contributed by atoms with Gasteiger partial charge >= 0.3 is 0 Å². The minimum absolute atomic E-state index is 0.262. The Kier molecular flexibility index (Phi) is 4.11. The highest BCUT2D eigenvalue weighted by Gasteiger charge is 2.31. The van der Waals surface area contributed by atoms with Gasteiger partial charge in [0, 0.05) is 7.05 Å². The molecule has 1 saturated carbocycles. The van der Waals surface area contributed by atoms with E-state index in [2.05, 4.69) is 0 Å². The molecule has 0 spiro atoms. The zero-order chi connectivity index (χ0) is 13.9. The maximum absolute atomic E-state index is 12.5. The smallest absolute Gasteiger partial charge is 0.237 e. The Hall–Kier alpha value is -1.54. The second-order valence-corrected chi connectivity index (χ2v) is 7.18. The molecule has 2 rings (SSSR count). The first-order chi connectivity index (χ1) is 9.05. The third-order valence-corrected chi connectivity index (χ3v) is 6.00. The van der Waals surface area contributed by atoms with Crippen LogP contribution in [0.1, 0.15) is 37.7 Å². The van der Waals surface area contributed by atoms with E-state index in [4.69, 9.17) is 5.26 Å². The van der Waals surface area contributed by atoms with Gasteiger partial charge in [0.2, 0.25) is 10.0 Å². The van der Waals surface area contributed by atoms with Gasteiger partial charge in [-0.25, -0.2) is 8.42 Å². The molecule has 0 radical (unpaired) electrons. The van der Waals surface area contributed by atoms with Crippen molar-refractivity contribution in [3.63, 3.8) is 0 Å². The number of nitriles is 1. The highest BCUT2D eigenvalue weighted by Crippen LogP contribution is 2.28. The van der Waals surface area contributed by atoms with E-state index in [1.54, 1.807) is 31.3 Å². The van der Waals surface area contributed by atoms with Crippen LogP contribution in [-0.2, 0) is 10.0 Å². The molecule has 5 heteroatoms. The fraction of sp³-hybridized carbons (Fsp3) is 0.500. The summed E-state index contributed by atoms with van der Waals surface area (Å²) in [6, 6.07) is 8.67. The van der Waals surface area contributed by atoms with Crippen LogP contribution < -0.4 is 4.31 Å². The fourth-order valence-corrected chi connectivity index (χ4v) is 4.27. The first kappa shape index (κ1) is 13.9. The first-order valence-corrected chi connectivity index (χ1v) is 8.04. The molecule has 1 aromatic rings. The fourth-order valence-electron chi connectivity index (χ4n) is 2.48. The largest absolute Gasteiger partial charge is 0.273 e. The molecule has 0 unspecified atom stereocenters. The third-order valence-electron chi connectivity index (χ3n) is 3.72. The Labute approximate surface area is 114 Å². The lowest BCUT2D eigenvalue weighted by molar-refractivity contribution is 0.483. The summed E-state index contributed by atoms with van der Waals surface area (Å²) in [7, 11) is -1.70. The van der Waals surface area contributed by atoms with E-state index in [1.165, 1.54) is 4.31 Å². The Morgan fingerprint density at radius 1 is 1.16 bits per heavy atom. The van der Waals surface area contributed by atoms with E-state index in [1.807, 2.05) is 6.07 Å². The quantitative estimate of drug-likeness (QED) is 0.854. The number of hydrogen-bond acceptors (Lipinski definition) is 3. The van der Waals surface area contributed by atoms with Crippen LogP contribution in [0.5, 0.6) is 0 Å². The van der Waals surface area contributed by atoms with Crippen molar-refractivity contribution in [2.45, 2.75) is 37.4 Å². The Morgan fingerprint density at radius 3 is 2.26 bits per heavy atom. The second kappa shape index (κ2) is 5.62. The van der Waals surface area contributed by atoms with E-state index in [0.717, 1.165) is 32.1 Å². The second-order valence-electron chi connectivity index (χ2n) is 4.93. The standard InChI is InChI=1S/C14H18N2O2S/c1-16(13-9-7-12(11-15)8-10-13)19(17,18)14-5-3-2-4-6-14/h7-10,14H,2-6H2,1H3. The minimum atomic E-state index is -3.28. The van der Waals surface area contributed by atoms with Crippen molar-refractivity contribution in [2.24, 2.45) is 0 Å². The number of nitrogens with zero attached hydrogens (tertiary/aromatic N) is 2. The molecule has 0 bridgehead atoms. The van der Waals surface area contributed by atoms with E-state index < -0.39 is 10.0 Å². The number of hydrogen-bond donors (Lipinski definition) is 0. The van der Waals surface area contributed by atoms with Crippen molar-refractivity contribution in [1.29, 1.82) is 5.26 Å². The molecule has 0 atom stereocenters. The summed E-state index contributed by atoms with van der Waals surface area (Å²) in [4.78, 5) is 0. The van der Waals surface area contributed by atoms with Crippen LogP contribution >= 0.6 is 0 Å². The lowest BCUT2D eigenvalue weighted by Crippen LogP contribution is -2.37. The minimum Gasteiger partial charge on any atom is -0.273 e. The average Bonchev–Trinajstić information content (AvgIpc) is 2.47. The molecule has 4 nitrogen and oxygen atoms in total. The molecule has 0 amide bonds. The molecule has 0 saturated heterocycles. The molecule has 102 valence electrons. The lowest BCUT2D eigenvalue weighted by Gasteiger charge is -2.28. The molecule has 0 heterocycles. The Balaban J connectivity index is 2.21. The number of benzene rings is 1. The van der Waals surface area contributed by atoms with Crippen molar-refractivity contribution in [3.05, 3.63) is 29.8 Å². The summed E-state index contributed by atoms with van der Waals surface area (Å²) in [5.74, 6) is 0. The lowest BCUT2D eigenvalue weighted by atomic mass is 10.0. The van der Waals surface area contributed by atoms with Crippen LogP contribution in [0.15, 0.2) is 24.3 Å². The molecular weight excluding hydrogens is 260 g/mol. The van der Waals surface area contributed by atoms with E-state index in [-0.39, 0.29) is 5.25 Å². The third kappa shape index (κ3) is 2.90. The first-order valence-electron chi connectivity index (χ1n) is 6.53. The normalized spacial score (nSPS) is 16.8. The van der Waals surface area contributed by atoms with Gasteiger partial charge in [-0.15, -0.1) is 0 Å². The van der Waals surface area contributed by atoms with Gasteiger partial charge in [-0.3, -0.25) is 4.31 Å². The summed E-state index contributed by atoms with van der Waals surface area (Å²) < 4.78 is 26.4. The Morgan fingerprint density at radius 2 is 1.74 bits per heavy atom. The molecule has 1 aromatic carbocycles. The van der Waals surface area contributed by atoms with Crippen LogP contribution in [0.2, 0.25) is 0 Å². The van der Waals surface area contributed by atoms with Gasteiger partial charge in [-0.1, -0.05) is 19.3 Å². The highest BCUT2D eigenvalue weighted by molar-refractivity contribution is 7.93. The molecular formula is C14H18N2O2S. The highest BCUT2D eigenvalue weighted by atomic mass is 32.2. The summed E-state index contributed by atoms with van der Waals surface area (Å²) in [5.41, 5.74) is 1.15. The van der Waals surface area contributed by atoms with Crippen molar-refractivity contribution in [1.82, 2.24) is 0 Å². The van der Waals surface area contributed by atoms with Crippen LogP contribution in [0.3, 0.4) is 0 Å². The molecule has 1 fully saturated rings. The van der Waals surface area contributed by atoms with Gasteiger partial charge in [0.25, 0.3) is 0 Å². The SMILES string of the molecule is CN(c1ccc(C#N)cc1)S(=O)(=O)C1CCCCC1. The predicted octanol–water partition coefficient (Wildman–Crippen LogP) is 2.66. The summed E-state index contributed by atoms with van der Waals surface area (Å²) in [6.45, 7) is 0. The van der Waals surface area contributed by atoms with E-state index in [9.17, 15) is 8.42 Å². The van der Waals surface area contributed by atoms with Gasteiger partial charge in [0.15, 0.2) is 0 Å². The van der Waals surface area contributed by atoms with Crippen molar-refractivity contribution in [3.8, 4) is 6.07 Å². The van der Waals surface area contributed by atoms with E-state index >= 15 is 0 Å². The molecule has 1 aliphatic rings. The van der Waals surface area contributed by atoms with Crippen LogP contribution in [0.25, 0.3) is 0 Å². The molecule has 19 heavy (non-hydrogen) atoms. The topological polar surface area (TPSA) is 61.2 Å². The molecule has 1 aliphatic carbocycles. The van der Waals surface area contributed by atoms with Crippen LogP contribution in [0, 0.1) is 11.3 Å². The molecule has 0 N–H and O–H groups in total. The number of anilines is 1. The Bertz CT molecular complexity index is 566. The van der Waals surface area contributed by atoms with Crippen LogP contribution in [0.4, 0.5) is 5.69 Å². The predicted molar refractivity (Wildman–Crippen MR) is 75.4 cm³/mol. The van der Waals surface area contributed by atoms with Gasteiger partial charge in [-0.05, 0) is 37.1 Å². The van der Waals surface area contributed by atoms with Gasteiger partial charge < -0.3 is 0 Å². The average molecular weight is 278 g/mol. The maximum Gasteiger partial charge on any atom is 0.237 e. The van der Waals surface area contributed by atoms with Crippen molar-refractivity contribution in [2.75, 3.05) is 11.4 Å². The molecule has 0 aromatic heterocycles. The summed E-state index contributed by atoms with van der Waals surface area (Å²) in [6.07, 6.45) is 4.62. The summed E-state index contributed by atoms with van der Waals surface area (Å²) in [5, 5.41) is 8.49. The van der Waals surface area contributed by atoms with Gasteiger partial charge in [-0.2, -0.15) is 5.26 Å². The molecule has 0 aliphatic heterocycles. The maximum atomic E-state index is 12.5. The van der Waals surface area contributed by atoms with E-state index in [0.29, 0.717) is 11.3 Å². The number of sulfonamides is 1. The van der Waals surface area contributed by atoms with Gasteiger partial charge in [0.05, 0.1) is 22.6 Å².